The van der Waals surface area contributed by atoms with Crippen LogP contribution in [0.3, 0.4) is 0 Å². The van der Waals surface area contributed by atoms with Gasteiger partial charge in [-0.3, -0.25) is 14.4 Å². The van der Waals surface area contributed by atoms with Gasteiger partial charge in [-0.15, -0.1) is 0 Å². The fraction of sp³-hybridized carbons (Fsp3) is 0.444. The van der Waals surface area contributed by atoms with Crippen molar-refractivity contribution < 1.29 is 14.4 Å². The van der Waals surface area contributed by atoms with E-state index in [-0.39, 0.29) is 17.7 Å². The third-order valence-corrected chi connectivity index (χ3v) is 7.32. The number of hydrogen-bond acceptors (Lipinski definition) is 3. The van der Waals surface area contributed by atoms with Crippen molar-refractivity contribution in [2.24, 2.45) is 5.92 Å². The number of nitrogens with one attached hydrogen (secondary N) is 1. The van der Waals surface area contributed by atoms with Gasteiger partial charge in [0.05, 0.1) is 17.8 Å². The number of para-hydroxylation sites is 1. The van der Waals surface area contributed by atoms with Crippen LogP contribution in [0, 0.1) is 5.92 Å². The molecule has 33 heavy (non-hydrogen) atoms. The molecular weight excluding hydrogens is 414 g/mol. The van der Waals surface area contributed by atoms with Crippen LogP contribution in [0.15, 0.2) is 48.5 Å². The predicted molar refractivity (Wildman–Crippen MR) is 127 cm³/mol. The summed E-state index contributed by atoms with van der Waals surface area (Å²) in [6.07, 6.45) is 7.79. The van der Waals surface area contributed by atoms with E-state index in [1.807, 2.05) is 42.5 Å². The zero-order chi connectivity index (χ0) is 22.8. The Morgan fingerprint density at radius 2 is 1.67 bits per heavy atom. The lowest BCUT2D eigenvalue weighted by Crippen LogP contribution is -2.44. The van der Waals surface area contributed by atoms with E-state index < -0.39 is 6.04 Å². The molecular formula is C27H31N3O3. The number of amides is 3. The fourth-order valence-electron chi connectivity index (χ4n) is 5.45. The molecule has 2 aromatic carbocycles. The fourth-order valence-corrected chi connectivity index (χ4v) is 5.45. The molecule has 2 aromatic rings. The standard InChI is InChI=1S/C27H31N3O3/c31-25(28-17-19-7-2-1-3-8-19)21-14-12-20(13-15-21)18-30-23-10-5-4-9-22(23)26(32)29-16-6-11-24(29)27(30)33/h4-5,9-10,12-15,19,24H,1-3,6-8,11,16-18H2,(H,28,31)/t24-/m1/s1. The number of carbonyl (C=O) groups excluding carboxylic acids is 3. The average Bonchev–Trinajstić information content (AvgIpc) is 3.33. The van der Waals surface area contributed by atoms with Crippen LogP contribution in [0.2, 0.25) is 0 Å². The molecule has 6 nitrogen and oxygen atoms in total. The van der Waals surface area contributed by atoms with Crippen molar-refractivity contribution in [1.82, 2.24) is 10.2 Å². The minimum atomic E-state index is -0.394. The highest BCUT2D eigenvalue weighted by Crippen LogP contribution is 2.33. The second-order valence-corrected chi connectivity index (χ2v) is 9.51. The van der Waals surface area contributed by atoms with Gasteiger partial charge in [-0.1, -0.05) is 43.5 Å². The second kappa shape index (κ2) is 9.38. The van der Waals surface area contributed by atoms with E-state index >= 15 is 0 Å². The molecule has 3 amide bonds. The number of benzene rings is 2. The van der Waals surface area contributed by atoms with Crippen LogP contribution in [0.25, 0.3) is 0 Å². The molecule has 0 radical (unpaired) electrons. The van der Waals surface area contributed by atoms with Crippen LogP contribution >= 0.6 is 0 Å². The number of carbonyl (C=O) groups is 3. The van der Waals surface area contributed by atoms with Gasteiger partial charge in [0.25, 0.3) is 11.8 Å². The first-order valence-electron chi connectivity index (χ1n) is 12.2. The second-order valence-electron chi connectivity index (χ2n) is 9.51. The minimum absolute atomic E-state index is 0.0277. The monoisotopic (exact) mass is 445 g/mol. The van der Waals surface area contributed by atoms with Gasteiger partial charge in [0.2, 0.25) is 5.91 Å². The Morgan fingerprint density at radius 3 is 2.45 bits per heavy atom. The Balaban J connectivity index is 1.31. The van der Waals surface area contributed by atoms with E-state index in [2.05, 4.69) is 5.32 Å². The summed E-state index contributed by atoms with van der Waals surface area (Å²) >= 11 is 0. The van der Waals surface area contributed by atoms with Crippen molar-refractivity contribution in [1.29, 1.82) is 0 Å². The van der Waals surface area contributed by atoms with Crippen molar-refractivity contribution >= 4 is 23.4 Å². The van der Waals surface area contributed by atoms with Crippen molar-refractivity contribution in [3.8, 4) is 0 Å². The van der Waals surface area contributed by atoms with Gasteiger partial charge in [0, 0.05) is 18.7 Å². The van der Waals surface area contributed by atoms with Crippen LogP contribution in [0.4, 0.5) is 5.69 Å². The van der Waals surface area contributed by atoms with E-state index in [9.17, 15) is 14.4 Å². The summed E-state index contributed by atoms with van der Waals surface area (Å²) in [4.78, 5) is 42.5. The summed E-state index contributed by atoms with van der Waals surface area (Å²) in [5.41, 5.74) is 2.81. The molecule has 5 rings (SSSR count). The van der Waals surface area contributed by atoms with E-state index in [1.165, 1.54) is 32.1 Å². The molecule has 1 saturated heterocycles. The molecule has 3 aliphatic rings. The molecule has 0 unspecified atom stereocenters. The highest BCUT2D eigenvalue weighted by atomic mass is 16.2. The summed E-state index contributed by atoms with van der Waals surface area (Å²) in [5, 5.41) is 3.08. The van der Waals surface area contributed by atoms with Gasteiger partial charge in [0.15, 0.2) is 0 Å². The SMILES string of the molecule is O=C(NCC1CCCCC1)c1ccc(CN2C(=O)[C@H]3CCCN3C(=O)c3ccccc32)cc1. The Hall–Kier alpha value is -3.15. The van der Waals surface area contributed by atoms with E-state index in [4.69, 9.17) is 0 Å². The quantitative estimate of drug-likeness (QED) is 0.752. The number of nitrogens with zero attached hydrogens (tertiary/aromatic N) is 2. The normalized spacial score (nSPS) is 20.9. The van der Waals surface area contributed by atoms with Crippen molar-refractivity contribution in [2.75, 3.05) is 18.0 Å². The number of rotatable bonds is 5. The van der Waals surface area contributed by atoms with Gasteiger partial charge in [-0.25, -0.2) is 0 Å². The molecule has 0 aromatic heterocycles. The maximum absolute atomic E-state index is 13.4. The molecule has 2 heterocycles. The highest BCUT2D eigenvalue weighted by molar-refractivity contribution is 6.11. The number of fused-ring (bicyclic) bond motifs is 2. The smallest absolute Gasteiger partial charge is 0.256 e. The van der Waals surface area contributed by atoms with Crippen LogP contribution in [0.1, 0.15) is 71.2 Å². The molecule has 1 saturated carbocycles. The number of anilines is 1. The van der Waals surface area contributed by atoms with Gasteiger partial charge < -0.3 is 15.1 Å². The maximum Gasteiger partial charge on any atom is 0.256 e. The average molecular weight is 446 g/mol. The Morgan fingerprint density at radius 1 is 0.909 bits per heavy atom. The van der Waals surface area contributed by atoms with Crippen molar-refractivity contribution in [3.05, 3.63) is 65.2 Å². The van der Waals surface area contributed by atoms with Gasteiger partial charge in [-0.05, 0) is 61.4 Å². The summed E-state index contributed by atoms with van der Waals surface area (Å²) in [6.45, 7) is 1.74. The highest BCUT2D eigenvalue weighted by Gasteiger charge is 2.41. The van der Waals surface area contributed by atoms with Gasteiger partial charge in [0.1, 0.15) is 6.04 Å². The summed E-state index contributed by atoms with van der Waals surface area (Å²) in [6, 6.07) is 14.4. The molecule has 1 N–H and O–H groups in total. The lowest BCUT2D eigenvalue weighted by molar-refractivity contribution is -0.122. The van der Waals surface area contributed by atoms with Crippen molar-refractivity contribution in [2.45, 2.75) is 57.5 Å². The van der Waals surface area contributed by atoms with Crippen LogP contribution in [-0.4, -0.2) is 41.8 Å². The molecule has 0 bridgehead atoms. The molecule has 6 heteroatoms. The number of hydrogen-bond donors (Lipinski definition) is 1. The molecule has 2 aliphatic heterocycles. The summed E-state index contributed by atoms with van der Waals surface area (Å²) in [5.74, 6) is 0.457. The molecule has 0 spiro atoms. The van der Waals surface area contributed by atoms with Gasteiger partial charge in [-0.2, -0.15) is 0 Å². The third-order valence-electron chi connectivity index (χ3n) is 7.32. The zero-order valence-electron chi connectivity index (χ0n) is 19.0. The molecule has 172 valence electrons. The van der Waals surface area contributed by atoms with Crippen LogP contribution in [-0.2, 0) is 11.3 Å². The van der Waals surface area contributed by atoms with E-state index in [0.717, 1.165) is 18.5 Å². The summed E-state index contributed by atoms with van der Waals surface area (Å²) in [7, 11) is 0. The Labute approximate surface area is 194 Å². The molecule has 2 fully saturated rings. The molecule has 1 atom stereocenters. The van der Waals surface area contributed by atoms with Crippen LogP contribution < -0.4 is 10.2 Å². The first-order valence-corrected chi connectivity index (χ1v) is 12.2. The predicted octanol–water partition coefficient (Wildman–Crippen LogP) is 4.15. The topological polar surface area (TPSA) is 69.7 Å². The van der Waals surface area contributed by atoms with Crippen molar-refractivity contribution in [3.63, 3.8) is 0 Å². The van der Waals surface area contributed by atoms with E-state index in [1.54, 1.807) is 15.9 Å². The molecule has 1 aliphatic carbocycles. The van der Waals surface area contributed by atoms with E-state index in [0.29, 0.717) is 42.2 Å². The first-order chi connectivity index (χ1) is 16.1. The maximum atomic E-state index is 13.4. The zero-order valence-corrected chi connectivity index (χ0v) is 19.0. The first kappa shape index (κ1) is 21.7. The lowest BCUT2D eigenvalue weighted by atomic mass is 9.89. The minimum Gasteiger partial charge on any atom is -0.352 e. The lowest BCUT2D eigenvalue weighted by Gasteiger charge is -2.26. The third kappa shape index (κ3) is 4.39. The summed E-state index contributed by atoms with van der Waals surface area (Å²) < 4.78 is 0. The Kier molecular flexibility index (Phi) is 6.16. The largest absolute Gasteiger partial charge is 0.352 e. The van der Waals surface area contributed by atoms with Crippen LogP contribution in [0.5, 0.6) is 0 Å². The van der Waals surface area contributed by atoms with Gasteiger partial charge >= 0.3 is 0 Å². The Bertz CT molecular complexity index is 1040.